The van der Waals surface area contributed by atoms with Crippen LogP contribution in [-0.2, 0) is 0 Å². The van der Waals surface area contributed by atoms with Gasteiger partial charge in [-0.2, -0.15) is 0 Å². The summed E-state index contributed by atoms with van der Waals surface area (Å²) in [6, 6.07) is 12.5. The van der Waals surface area contributed by atoms with Crippen molar-refractivity contribution in [3.05, 3.63) is 44.4 Å². The molecule has 2 nitrogen and oxygen atoms in total. The van der Waals surface area contributed by atoms with Crippen molar-refractivity contribution in [2.45, 2.75) is 0 Å². The molecule has 1 heterocycles. The molecule has 4 heteroatoms. The van der Waals surface area contributed by atoms with Gasteiger partial charge >= 0.3 is 0 Å². The second-order valence-electron chi connectivity index (χ2n) is 4.06. The van der Waals surface area contributed by atoms with E-state index in [0.717, 1.165) is 32.0 Å². The minimum atomic E-state index is 1.01. The third-order valence-corrected chi connectivity index (χ3v) is 4.11. The van der Waals surface area contributed by atoms with Gasteiger partial charge in [-0.25, -0.2) is 4.98 Å². The van der Waals surface area contributed by atoms with Crippen molar-refractivity contribution in [1.82, 2.24) is 4.98 Å². The standard InChI is InChI=1S/C14H10BrIN2/c1-17-14-10-6-8(15)2-4-12(10)18-13-5-3-9(16)7-11(13)14/h2-7H,1H3,(H,17,18). The number of nitrogens with zero attached hydrogens (tertiary/aromatic N) is 1. The molecule has 0 atom stereocenters. The molecule has 0 unspecified atom stereocenters. The van der Waals surface area contributed by atoms with E-state index in [9.17, 15) is 0 Å². The second kappa shape index (κ2) is 4.66. The van der Waals surface area contributed by atoms with Crippen LogP contribution in [0.3, 0.4) is 0 Å². The molecule has 1 N–H and O–H groups in total. The molecule has 0 aliphatic heterocycles. The van der Waals surface area contributed by atoms with E-state index in [1.165, 1.54) is 3.57 Å². The van der Waals surface area contributed by atoms with Gasteiger partial charge in [-0.05, 0) is 59.0 Å². The van der Waals surface area contributed by atoms with Crippen LogP contribution in [-0.4, -0.2) is 12.0 Å². The first-order valence-electron chi connectivity index (χ1n) is 5.55. The number of halogens is 2. The van der Waals surface area contributed by atoms with Gasteiger partial charge in [0.15, 0.2) is 0 Å². The number of nitrogens with one attached hydrogen (secondary N) is 1. The van der Waals surface area contributed by atoms with Gasteiger partial charge in [-0.15, -0.1) is 0 Å². The maximum Gasteiger partial charge on any atom is 0.0731 e. The summed E-state index contributed by atoms with van der Waals surface area (Å²) in [6.07, 6.45) is 0. The molecule has 0 saturated heterocycles. The Morgan fingerprint density at radius 3 is 2.44 bits per heavy atom. The van der Waals surface area contributed by atoms with Crippen LogP contribution in [0, 0.1) is 3.57 Å². The predicted octanol–water partition coefficient (Wildman–Crippen LogP) is 4.80. The van der Waals surface area contributed by atoms with Gasteiger partial charge in [0.05, 0.1) is 16.7 Å². The van der Waals surface area contributed by atoms with Crippen LogP contribution in [0.15, 0.2) is 40.9 Å². The van der Waals surface area contributed by atoms with E-state index in [-0.39, 0.29) is 0 Å². The SMILES string of the molecule is CNc1c2cc(Br)ccc2nc2ccc(I)cc12. The zero-order valence-electron chi connectivity index (χ0n) is 9.67. The minimum Gasteiger partial charge on any atom is -0.387 e. The van der Waals surface area contributed by atoms with Crippen molar-refractivity contribution in [2.75, 3.05) is 12.4 Å². The molecule has 3 aromatic rings. The first-order chi connectivity index (χ1) is 8.69. The van der Waals surface area contributed by atoms with E-state index >= 15 is 0 Å². The van der Waals surface area contributed by atoms with Gasteiger partial charge in [0.2, 0.25) is 0 Å². The van der Waals surface area contributed by atoms with Crippen LogP contribution in [0.4, 0.5) is 5.69 Å². The molecular formula is C14H10BrIN2. The lowest BCUT2D eigenvalue weighted by Crippen LogP contribution is -1.94. The predicted molar refractivity (Wildman–Crippen MR) is 89.2 cm³/mol. The topological polar surface area (TPSA) is 24.9 Å². The van der Waals surface area contributed by atoms with Gasteiger partial charge < -0.3 is 5.32 Å². The average Bonchev–Trinajstić information content (AvgIpc) is 2.36. The van der Waals surface area contributed by atoms with Crippen LogP contribution in [0.1, 0.15) is 0 Å². The Morgan fingerprint density at radius 2 is 1.72 bits per heavy atom. The smallest absolute Gasteiger partial charge is 0.0731 e. The fraction of sp³-hybridized carbons (Fsp3) is 0.0714. The van der Waals surface area contributed by atoms with Crippen molar-refractivity contribution >= 4 is 66.0 Å². The van der Waals surface area contributed by atoms with E-state index in [1.54, 1.807) is 0 Å². The quantitative estimate of drug-likeness (QED) is 0.458. The molecule has 0 amide bonds. The van der Waals surface area contributed by atoms with Crippen LogP contribution in [0.25, 0.3) is 21.8 Å². The summed E-state index contributed by atoms with van der Waals surface area (Å²) in [6.45, 7) is 0. The van der Waals surface area contributed by atoms with Gasteiger partial charge in [-0.3, -0.25) is 0 Å². The van der Waals surface area contributed by atoms with Crippen molar-refractivity contribution in [2.24, 2.45) is 0 Å². The molecule has 18 heavy (non-hydrogen) atoms. The fourth-order valence-corrected chi connectivity index (χ4v) is 3.01. The molecule has 2 aromatic carbocycles. The Morgan fingerprint density at radius 1 is 1.06 bits per heavy atom. The summed E-state index contributed by atoms with van der Waals surface area (Å²) in [4.78, 5) is 4.70. The highest BCUT2D eigenvalue weighted by atomic mass is 127. The number of pyridine rings is 1. The monoisotopic (exact) mass is 412 g/mol. The Balaban J connectivity index is 2.53. The Bertz CT molecular complexity index is 695. The summed E-state index contributed by atoms with van der Waals surface area (Å²) in [5.41, 5.74) is 3.17. The summed E-state index contributed by atoms with van der Waals surface area (Å²) >= 11 is 5.84. The van der Waals surface area contributed by atoms with Gasteiger partial charge in [-0.1, -0.05) is 15.9 Å². The Labute approximate surface area is 127 Å². The van der Waals surface area contributed by atoms with Crippen LogP contribution >= 0.6 is 38.5 Å². The number of hydrogen-bond acceptors (Lipinski definition) is 2. The Kier molecular flexibility index (Phi) is 3.15. The Hall–Kier alpha value is -0.880. The second-order valence-corrected chi connectivity index (χ2v) is 6.22. The summed E-state index contributed by atoms with van der Waals surface area (Å²) in [5, 5.41) is 5.61. The van der Waals surface area contributed by atoms with Crippen molar-refractivity contribution in [3.63, 3.8) is 0 Å². The zero-order chi connectivity index (χ0) is 12.7. The maximum atomic E-state index is 4.70. The molecular weight excluding hydrogens is 403 g/mol. The maximum absolute atomic E-state index is 4.70. The molecule has 0 aliphatic carbocycles. The van der Waals surface area contributed by atoms with Crippen LogP contribution in [0.2, 0.25) is 0 Å². The van der Waals surface area contributed by atoms with Crippen LogP contribution < -0.4 is 5.32 Å². The molecule has 0 radical (unpaired) electrons. The molecule has 0 bridgehead atoms. The molecule has 90 valence electrons. The lowest BCUT2D eigenvalue weighted by Gasteiger charge is -2.10. The van der Waals surface area contributed by atoms with Crippen molar-refractivity contribution < 1.29 is 0 Å². The highest BCUT2D eigenvalue weighted by Gasteiger charge is 2.08. The summed E-state index contributed by atoms with van der Waals surface area (Å²) < 4.78 is 2.28. The van der Waals surface area contributed by atoms with E-state index < -0.39 is 0 Å². The largest absolute Gasteiger partial charge is 0.387 e. The highest BCUT2D eigenvalue weighted by molar-refractivity contribution is 14.1. The third-order valence-electron chi connectivity index (χ3n) is 2.95. The normalized spacial score (nSPS) is 11.1. The summed E-state index contributed by atoms with van der Waals surface area (Å²) in [5.74, 6) is 0. The fourth-order valence-electron chi connectivity index (χ4n) is 2.16. The molecule has 3 rings (SSSR count). The van der Waals surface area contributed by atoms with E-state index in [2.05, 4.69) is 68.1 Å². The number of rotatable bonds is 1. The summed E-state index contributed by atoms with van der Waals surface area (Å²) in [7, 11) is 1.95. The highest BCUT2D eigenvalue weighted by Crippen LogP contribution is 2.32. The first kappa shape index (κ1) is 12.2. The lowest BCUT2D eigenvalue weighted by atomic mass is 10.1. The number of hydrogen-bond donors (Lipinski definition) is 1. The third kappa shape index (κ3) is 1.97. The molecule has 0 aliphatic rings. The molecule has 0 fully saturated rings. The minimum absolute atomic E-state index is 1.01. The molecule has 1 aromatic heterocycles. The number of aromatic nitrogens is 1. The van der Waals surface area contributed by atoms with Crippen molar-refractivity contribution in [1.29, 1.82) is 0 Å². The van der Waals surface area contributed by atoms with E-state index in [1.807, 2.05) is 19.2 Å². The lowest BCUT2D eigenvalue weighted by molar-refractivity contribution is 1.46. The van der Waals surface area contributed by atoms with Gasteiger partial charge in [0, 0.05) is 25.9 Å². The first-order valence-corrected chi connectivity index (χ1v) is 7.42. The molecule has 0 spiro atoms. The van der Waals surface area contributed by atoms with Crippen molar-refractivity contribution in [3.8, 4) is 0 Å². The average molecular weight is 413 g/mol. The molecule has 0 saturated carbocycles. The number of benzene rings is 2. The number of fused-ring (bicyclic) bond motifs is 2. The van der Waals surface area contributed by atoms with E-state index in [0.29, 0.717) is 0 Å². The number of anilines is 1. The zero-order valence-corrected chi connectivity index (χ0v) is 13.4. The van der Waals surface area contributed by atoms with Gasteiger partial charge in [0.1, 0.15) is 0 Å². The van der Waals surface area contributed by atoms with Gasteiger partial charge in [0.25, 0.3) is 0 Å². The van der Waals surface area contributed by atoms with Crippen LogP contribution in [0.5, 0.6) is 0 Å². The van der Waals surface area contributed by atoms with E-state index in [4.69, 9.17) is 4.98 Å².